The Balaban J connectivity index is 1.75. The minimum atomic E-state index is -0.927. The van der Waals surface area contributed by atoms with E-state index >= 15 is 0 Å². The number of carbonyl (C=O) groups excluding carboxylic acids is 1. The quantitative estimate of drug-likeness (QED) is 0.509. The molecule has 0 radical (unpaired) electrons. The monoisotopic (exact) mass is 316 g/mol. The average Bonchev–Trinajstić information content (AvgIpc) is 2.56. The molecule has 2 aromatic rings. The molecule has 118 valence electrons. The van der Waals surface area contributed by atoms with Crippen LogP contribution >= 0.6 is 0 Å². The molecule has 0 saturated carbocycles. The minimum Gasteiger partial charge on any atom is -0.506 e. The maximum atomic E-state index is 12.2. The lowest BCUT2D eigenvalue weighted by atomic mass is 10.2. The van der Waals surface area contributed by atoms with E-state index in [0.29, 0.717) is 11.5 Å². The number of amides is 1. The SMILES string of the molecule is O=C(Nc1cc([N+](=O)[O-])ccc1O)C1COc2ccccc2O1. The Morgan fingerprint density at radius 1 is 1.26 bits per heavy atom. The van der Waals surface area contributed by atoms with Gasteiger partial charge in [-0.05, 0) is 18.2 Å². The highest BCUT2D eigenvalue weighted by Gasteiger charge is 2.28. The Bertz CT molecular complexity index is 776. The zero-order chi connectivity index (χ0) is 16.4. The second-order valence-corrected chi connectivity index (χ2v) is 4.81. The fraction of sp³-hybridized carbons (Fsp3) is 0.133. The van der Waals surface area contributed by atoms with Crippen molar-refractivity contribution in [3.05, 3.63) is 52.6 Å². The number of hydrogen-bond acceptors (Lipinski definition) is 6. The van der Waals surface area contributed by atoms with Crippen LogP contribution in [-0.4, -0.2) is 28.6 Å². The summed E-state index contributed by atoms with van der Waals surface area (Å²) in [5, 5.41) is 22.9. The second kappa shape index (κ2) is 5.84. The van der Waals surface area contributed by atoms with Gasteiger partial charge in [-0.2, -0.15) is 0 Å². The third-order valence-corrected chi connectivity index (χ3v) is 3.25. The van der Waals surface area contributed by atoms with Crippen LogP contribution in [0.2, 0.25) is 0 Å². The maximum Gasteiger partial charge on any atom is 0.271 e. The Morgan fingerprint density at radius 2 is 2.00 bits per heavy atom. The third-order valence-electron chi connectivity index (χ3n) is 3.25. The number of nitro benzene ring substituents is 1. The van der Waals surface area contributed by atoms with Gasteiger partial charge in [-0.3, -0.25) is 14.9 Å². The van der Waals surface area contributed by atoms with Gasteiger partial charge in [-0.15, -0.1) is 0 Å². The molecule has 3 rings (SSSR count). The van der Waals surface area contributed by atoms with Gasteiger partial charge in [0.1, 0.15) is 12.4 Å². The van der Waals surface area contributed by atoms with Gasteiger partial charge in [0.25, 0.3) is 11.6 Å². The third kappa shape index (κ3) is 3.00. The fourth-order valence-electron chi connectivity index (χ4n) is 2.10. The molecule has 0 saturated heterocycles. The van der Waals surface area contributed by atoms with Crippen molar-refractivity contribution < 1.29 is 24.3 Å². The van der Waals surface area contributed by atoms with Crippen LogP contribution in [0.25, 0.3) is 0 Å². The van der Waals surface area contributed by atoms with Gasteiger partial charge in [0, 0.05) is 12.1 Å². The lowest BCUT2D eigenvalue weighted by molar-refractivity contribution is -0.384. The van der Waals surface area contributed by atoms with Crippen molar-refractivity contribution in [3.8, 4) is 17.2 Å². The van der Waals surface area contributed by atoms with Crippen molar-refractivity contribution in [2.75, 3.05) is 11.9 Å². The van der Waals surface area contributed by atoms with Gasteiger partial charge in [0.15, 0.2) is 11.5 Å². The summed E-state index contributed by atoms with van der Waals surface area (Å²) in [6.45, 7) is -0.00145. The number of benzene rings is 2. The standard InChI is InChI=1S/C15H12N2O6/c18-11-6-5-9(17(20)21)7-10(11)16-15(19)14-8-22-12-3-1-2-4-13(12)23-14/h1-7,14,18H,8H2,(H,16,19). The maximum absolute atomic E-state index is 12.2. The van der Waals surface area contributed by atoms with Crippen LogP contribution in [0.1, 0.15) is 0 Å². The molecule has 0 aromatic heterocycles. The molecule has 8 nitrogen and oxygen atoms in total. The Kier molecular flexibility index (Phi) is 3.71. The molecule has 1 amide bonds. The largest absolute Gasteiger partial charge is 0.506 e. The number of nitrogens with one attached hydrogen (secondary N) is 1. The fourth-order valence-corrected chi connectivity index (χ4v) is 2.10. The molecule has 1 aliphatic heterocycles. The number of nitrogens with zero attached hydrogens (tertiary/aromatic N) is 1. The normalized spacial score (nSPS) is 15.7. The number of rotatable bonds is 3. The first-order valence-electron chi connectivity index (χ1n) is 6.71. The van der Waals surface area contributed by atoms with Gasteiger partial charge in [-0.1, -0.05) is 12.1 Å². The number of carbonyl (C=O) groups is 1. The van der Waals surface area contributed by atoms with E-state index in [1.54, 1.807) is 24.3 Å². The van der Waals surface area contributed by atoms with Gasteiger partial charge >= 0.3 is 0 Å². The molecule has 2 aromatic carbocycles. The lowest BCUT2D eigenvalue weighted by Gasteiger charge is -2.25. The topological polar surface area (TPSA) is 111 Å². The number of phenolic OH excluding ortho intramolecular Hbond substituents is 1. The molecule has 1 aliphatic rings. The zero-order valence-corrected chi connectivity index (χ0v) is 11.8. The first-order valence-corrected chi connectivity index (χ1v) is 6.71. The summed E-state index contributed by atoms with van der Waals surface area (Å²) in [6.07, 6.45) is -0.927. The lowest BCUT2D eigenvalue weighted by Crippen LogP contribution is -2.40. The Morgan fingerprint density at radius 3 is 2.74 bits per heavy atom. The predicted molar refractivity (Wildman–Crippen MR) is 79.7 cm³/mol. The van der Waals surface area contributed by atoms with Crippen LogP contribution in [0, 0.1) is 10.1 Å². The highest BCUT2D eigenvalue weighted by Crippen LogP contribution is 2.32. The first-order chi connectivity index (χ1) is 11.0. The molecule has 0 aliphatic carbocycles. The van der Waals surface area contributed by atoms with Crippen LogP contribution in [0.5, 0.6) is 17.2 Å². The van der Waals surface area contributed by atoms with Gasteiger partial charge in [0.2, 0.25) is 6.10 Å². The molecular weight excluding hydrogens is 304 g/mol. The number of phenols is 1. The minimum absolute atomic E-state index is 0.00145. The summed E-state index contributed by atoms with van der Waals surface area (Å²) in [4.78, 5) is 22.3. The average molecular weight is 316 g/mol. The molecule has 0 bridgehead atoms. The Hall–Kier alpha value is -3.29. The van der Waals surface area contributed by atoms with Crippen molar-refractivity contribution >= 4 is 17.3 Å². The Labute approximate surface area is 130 Å². The molecule has 1 unspecified atom stereocenters. The number of ether oxygens (including phenoxy) is 2. The van der Waals surface area contributed by atoms with Crippen LogP contribution in [0.4, 0.5) is 11.4 Å². The number of non-ortho nitro benzene ring substituents is 1. The summed E-state index contributed by atoms with van der Waals surface area (Å²) in [6, 6.07) is 10.3. The number of hydrogen-bond donors (Lipinski definition) is 2. The highest BCUT2D eigenvalue weighted by atomic mass is 16.6. The van der Waals surface area contributed by atoms with E-state index in [2.05, 4.69) is 5.32 Å². The van der Waals surface area contributed by atoms with E-state index in [1.807, 2.05) is 0 Å². The predicted octanol–water partition coefficient (Wildman–Crippen LogP) is 2.08. The molecule has 1 heterocycles. The van der Waals surface area contributed by atoms with Crippen molar-refractivity contribution in [2.24, 2.45) is 0 Å². The molecule has 1 atom stereocenters. The van der Waals surface area contributed by atoms with Crippen LogP contribution < -0.4 is 14.8 Å². The van der Waals surface area contributed by atoms with E-state index in [-0.39, 0.29) is 23.7 Å². The summed E-state index contributed by atoms with van der Waals surface area (Å²) in [7, 11) is 0. The summed E-state index contributed by atoms with van der Waals surface area (Å²) in [5.74, 6) is 0.119. The zero-order valence-electron chi connectivity index (χ0n) is 11.8. The molecule has 23 heavy (non-hydrogen) atoms. The van der Waals surface area contributed by atoms with Gasteiger partial charge in [0.05, 0.1) is 10.6 Å². The van der Waals surface area contributed by atoms with Gasteiger partial charge in [-0.25, -0.2) is 0 Å². The van der Waals surface area contributed by atoms with Crippen LogP contribution in [0.15, 0.2) is 42.5 Å². The van der Waals surface area contributed by atoms with Crippen LogP contribution in [-0.2, 0) is 4.79 Å². The van der Waals surface area contributed by atoms with Crippen molar-refractivity contribution in [2.45, 2.75) is 6.10 Å². The highest BCUT2D eigenvalue weighted by molar-refractivity contribution is 5.96. The summed E-state index contributed by atoms with van der Waals surface area (Å²) < 4.78 is 11.0. The number of fused-ring (bicyclic) bond motifs is 1. The second-order valence-electron chi connectivity index (χ2n) is 4.81. The van der Waals surface area contributed by atoms with Crippen molar-refractivity contribution in [1.29, 1.82) is 0 Å². The van der Waals surface area contributed by atoms with Gasteiger partial charge < -0.3 is 19.9 Å². The summed E-state index contributed by atoms with van der Waals surface area (Å²) >= 11 is 0. The molecule has 2 N–H and O–H groups in total. The smallest absolute Gasteiger partial charge is 0.271 e. The van der Waals surface area contributed by atoms with E-state index < -0.39 is 16.9 Å². The first kappa shape index (κ1) is 14.6. The van der Waals surface area contributed by atoms with E-state index in [1.165, 1.54) is 0 Å². The summed E-state index contributed by atoms with van der Waals surface area (Å²) in [5.41, 5.74) is -0.309. The molecule has 0 spiro atoms. The van der Waals surface area contributed by atoms with Crippen LogP contribution in [0.3, 0.4) is 0 Å². The molecule has 0 fully saturated rings. The van der Waals surface area contributed by atoms with E-state index in [0.717, 1.165) is 18.2 Å². The number of anilines is 1. The molecular formula is C15H12N2O6. The van der Waals surface area contributed by atoms with E-state index in [4.69, 9.17) is 9.47 Å². The number of para-hydroxylation sites is 2. The number of nitro groups is 1. The van der Waals surface area contributed by atoms with E-state index in [9.17, 15) is 20.0 Å². The molecule has 8 heteroatoms. The van der Waals surface area contributed by atoms with Crippen molar-refractivity contribution in [1.82, 2.24) is 0 Å². The van der Waals surface area contributed by atoms with Crippen molar-refractivity contribution in [3.63, 3.8) is 0 Å². The number of aromatic hydroxyl groups is 1.